The second-order valence-corrected chi connectivity index (χ2v) is 18.5. The number of aromatic nitrogens is 10. The maximum Gasteiger partial charge on any atom is 0.373 e. The molecule has 37 heteroatoms. The van der Waals surface area contributed by atoms with E-state index >= 15 is 0 Å². The monoisotopic (exact) mass is 1410 g/mol. The molecular formula is C63H66ClFN12O23. The minimum absolute atomic E-state index is 0.0767. The standard InChI is InChI=1S/C19H15FN4O3.C9H10N2O2.C8H6N2O4.C7H11NO2.C7H9NO2.C4H6ClNO3.C4H6O.C2H3N.3CO2/c1-12-21-9-19(26-12)18-7-16(23-27-18)17(25)6-14-8-22-24(11-14)10-13-3-2-4-15(20)5-13;1-3-7-4-8(13-11-7)9-5-10-6(2)12-9;1-5-9-3-7(13-5)6-2-8(10-14-6)12-4-11;2*1-3-6-4-7(5(2)9)10-8-6;1-2-9-4(7)3(5)6-8;1-3-4(2)5;1-2-3;3*2-1-3/h2-5,7-9,11H,6,10H2,1H3;4-5H,3H2,1-2H3;2-4H,1H3;4-5,9H,3H2,1-2H3;4H,3H2,1-2H3;8H,2H2,1H3;1,4-5H,2H3;1H3;;;/b;;;;;6-3-;;;;;. The van der Waals surface area contributed by atoms with Crippen LogP contribution in [0.15, 0.2) is 127 Å². The number of aryl methyl sites for hydroxylation is 6. The Morgan fingerprint density at radius 3 is 1.57 bits per heavy atom. The van der Waals surface area contributed by atoms with Crippen LogP contribution in [0, 0.1) is 50.3 Å². The molecule has 10 aromatic rings. The number of nitrogens with zero attached hydrogens (tertiary/aromatic N) is 12. The van der Waals surface area contributed by atoms with Crippen LogP contribution in [0.5, 0.6) is 5.88 Å². The first-order chi connectivity index (χ1) is 47.8. The molecule has 0 aliphatic rings. The number of Topliss-reactive ketones (excluding diaryl/α,β-unsaturated/α-hetero) is 2. The van der Waals surface area contributed by atoms with Crippen LogP contribution in [0.1, 0.15) is 134 Å². The molecule has 3 N–H and O–H groups in total. The van der Waals surface area contributed by atoms with Gasteiger partial charge in [0.05, 0.1) is 67.2 Å². The minimum Gasteiger partial charge on any atom is -0.461 e. The van der Waals surface area contributed by atoms with Gasteiger partial charge in [-0.05, 0) is 68.4 Å². The summed E-state index contributed by atoms with van der Waals surface area (Å²) >= 11 is 5.02. The van der Waals surface area contributed by atoms with Gasteiger partial charge in [-0.15, -0.1) is 6.42 Å². The quantitative estimate of drug-likeness (QED) is 0.0146. The first-order valence-electron chi connectivity index (χ1n) is 28.4. The van der Waals surface area contributed by atoms with E-state index in [0.717, 1.165) is 47.5 Å². The van der Waals surface area contributed by atoms with Gasteiger partial charge in [-0.1, -0.05) is 76.2 Å². The highest BCUT2D eigenvalue weighted by Crippen LogP contribution is 2.25. The maximum atomic E-state index is 13.3. The van der Waals surface area contributed by atoms with Gasteiger partial charge in [-0.2, -0.15) is 39.1 Å². The predicted octanol–water partition coefficient (Wildman–Crippen LogP) is 8.91. The van der Waals surface area contributed by atoms with Crippen LogP contribution < -0.4 is 4.74 Å². The second-order valence-electron chi connectivity index (χ2n) is 18.1. The fourth-order valence-electron chi connectivity index (χ4n) is 6.27. The van der Waals surface area contributed by atoms with Gasteiger partial charge in [-0.3, -0.25) is 19.1 Å². The Morgan fingerprint density at radius 1 is 0.700 bits per heavy atom. The number of terminal acetylenes is 1. The number of oxime groups is 1. The van der Waals surface area contributed by atoms with Gasteiger partial charge in [-0.25, -0.2) is 24.1 Å². The number of rotatable bonds is 17. The van der Waals surface area contributed by atoms with Crippen molar-refractivity contribution in [3.8, 4) is 58.9 Å². The summed E-state index contributed by atoms with van der Waals surface area (Å²) in [5, 5.41) is 56.9. The maximum absolute atomic E-state index is 13.3. The Labute approximate surface area is 571 Å². The molecule has 9 aromatic heterocycles. The van der Waals surface area contributed by atoms with Gasteiger partial charge >= 0.3 is 24.4 Å². The Hall–Kier alpha value is -12.8. The lowest BCUT2D eigenvalue weighted by Crippen LogP contribution is -2.11. The molecule has 0 saturated carbocycles. The number of oxazole rings is 3. The summed E-state index contributed by atoms with van der Waals surface area (Å²) in [7, 11) is 0. The number of benzene rings is 1. The molecule has 1 aromatic carbocycles. The van der Waals surface area contributed by atoms with Crippen LogP contribution in [0.3, 0.4) is 0 Å². The zero-order valence-electron chi connectivity index (χ0n) is 55.3. The number of ether oxygens (including phenoxy) is 2. The van der Waals surface area contributed by atoms with Crippen molar-refractivity contribution in [2.24, 2.45) is 5.16 Å². The van der Waals surface area contributed by atoms with Gasteiger partial charge in [0.25, 0.3) is 17.5 Å². The average Bonchev–Trinajstić information content (AvgIpc) is 1.71. The molecule has 2 atom stereocenters. The van der Waals surface area contributed by atoms with E-state index in [1.165, 1.54) is 50.5 Å². The Morgan fingerprint density at radius 2 is 1.17 bits per heavy atom. The van der Waals surface area contributed by atoms with Crippen LogP contribution in [0.2, 0.25) is 0 Å². The highest BCUT2D eigenvalue weighted by Gasteiger charge is 2.18. The van der Waals surface area contributed by atoms with Crippen LogP contribution in [-0.2, 0) is 75.3 Å². The van der Waals surface area contributed by atoms with E-state index < -0.39 is 23.3 Å². The molecule has 100 heavy (non-hydrogen) atoms. The van der Waals surface area contributed by atoms with Crippen molar-refractivity contribution in [2.45, 2.75) is 121 Å². The molecule has 0 amide bonds. The topological polar surface area (TPSA) is 512 Å². The number of hydrogen-bond donors (Lipinski definition) is 3. The van der Waals surface area contributed by atoms with Crippen LogP contribution >= 0.6 is 11.6 Å². The Balaban J connectivity index is 0.00000117. The van der Waals surface area contributed by atoms with Crippen LogP contribution in [0.25, 0.3) is 34.6 Å². The third kappa shape index (κ3) is 35.6. The molecule has 10 rings (SSSR count). The van der Waals surface area contributed by atoms with Gasteiger partial charge in [0.15, 0.2) is 58.0 Å². The van der Waals surface area contributed by atoms with Crippen LogP contribution in [0.4, 0.5) is 4.39 Å². The predicted molar refractivity (Wildman–Crippen MR) is 333 cm³/mol. The lowest BCUT2D eigenvalue weighted by molar-refractivity contribution is -0.193. The summed E-state index contributed by atoms with van der Waals surface area (Å²) < 4.78 is 64.1. The zero-order chi connectivity index (χ0) is 75.5. The van der Waals surface area contributed by atoms with Crippen LogP contribution in [-0.4, -0.2) is 126 Å². The third-order valence-electron chi connectivity index (χ3n) is 10.6. The number of aliphatic hydroxyl groups is 2. The average molecular weight is 1410 g/mol. The van der Waals surface area contributed by atoms with Crippen molar-refractivity contribution in [1.29, 1.82) is 5.26 Å². The molecule has 0 radical (unpaired) electrons. The van der Waals surface area contributed by atoms with Gasteiger partial charge in [0.1, 0.15) is 18.0 Å². The molecule has 0 aliphatic carbocycles. The van der Waals surface area contributed by atoms with Crippen molar-refractivity contribution >= 4 is 59.2 Å². The van der Waals surface area contributed by atoms with Crippen molar-refractivity contribution in [1.82, 2.24) is 50.5 Å². The van der Waals surface area contributed by atoms with E-state index in [1.54, 1.807) is 89.1 Å². The smallest absolute Gasteiger partial charge is 0.373 e. The normalized spacial score (nSPS) is 10.1. The van der Waals surface area contributed by atoms with Crippen molar-refractivity contribution < 1.29 is 113 Å². The molecule has 0 aliphatic heterocycles. The SMILES string of the molecule is C#CC(C)O.CC#N.CCOC(=O)/C(Cl)=N/O.CCc1cc(-c2cnc(C)o2)on1.CCc1cc(C(C)=O)on1.CCc1cc(C(C)O)on1.Cc1ncc(-c2cc(C(=O)Cc3cnn(Cc4cccc(F)c4)c3)no2)o1.Cc1ncc(-c2cc(OC=O)no2)o1.O=C=O.O=C=O.O=C=O. The van der Waals surface area contributed by atoms with E-state index in [0.29, 0.717) is 70.3 Å². The summed E-state index contributed by atoms with van der Waals surface area (Å²) in [4.78, 5) is 104. The number of carbonyl (C=O) groups excluding carboxylic acids is 10. The molecule has 0 saturated heterocycles. The van der Waals surface area contributed by atoms with E-state index in [1.807, 2.05) is 32.9 Å². The summed E-state index contributed by atoms with van der Waals surface area (Å²) in [6.07, 6.45) is 14.9. The molecule has 9 heterocycles. The van der Waals surface area contributed by atoms with E-state index in [4.69, 9.17) is 96.9 Å². The van der Waals surface area contributed by atoms with Crippen molar-refractivity contribution in [3.63, 3.8) is 0 Å². The molecule has 530 valence electrons. The minimum atomic E-state index is -0.818. The summed E-state index contributed by atoms with van der Waals surface area (Å²) in [5.74, 6) is 6.15. The highest BCUT2D eigenvalue weighted by atomic mass is 35.5. The molecule has 0 fully saturated rings. The number of ketones is 2. The van der Waals surface area contributed by atoms with Gasteiger partial charge < -0.3 is 60.8 Å². The Kier molecular flexibility index (Phi) is 44.1. The highest BCUT2D eigenvalue weighted by molar-refractivity contribution is 6.81. The molecule has 0 bridgehead atoms. The lowest BCUT2D eigenvalue weighted by Gasteiger charge is -2.01. The summed E-state index contributed by atoms with van der Waals surface area (Å²) in [6, 6.07) is 16.3. The number of halogens is 2. The molecule has 35 nitrogen and oxygen atoms in total. The number of nitriles is 1. The Bertz CT molecular complexity index is 4200. The van der Waals surface area contributed by atoms with Gasteiger partial charge in [0.2, 0.25) is 23.0 Å². The number of hydrogen-bond acceptors (Lipinski definition) is 34. The summed E-state index contributed by atoms with van der Waals surface area (Å²) in [5.41, 5.74) is 4.36. The van der Waals surface area contributed by atoms with Crippen molar-refractivity contribution in [2.75, 3.05) is 6.61 Å². The molecule has 2 unspecified atom stereocenters. The van der Waals surface area contributed by atoms with E-state index in [2.05, 4.69) is 72.8 Å². The van der Waals surface area contributed by atoms with Gasteiger partial charge in [0, 0.05) is 71.5 Å². The fraction of sp³-hybridized carbons (Fsp3) is 0.302. The zero-order valence-corrected chi connectivity index (χ0v) is 56.0. The molecule has 0 spiro atoms. The van der Waals surface area contributed by atoms with Crippen molar-refractivity contribution in [3.05, 3.63) is 154 Å². The lowest BCUT2D eigenvalue weighted by atomic mass is 10.1. The second kappa shape index (κ2) is 50.6. The van der Waals surface area contributed by atoms with E-state index in [9.17, 15) is 23.6 Å². The third-order valence-corrected chi connectivity index (χ3v) is 10.9. The van der Waals surface area contributed by atoms with E-state index in [-0.39, 0.29) is 66.9 Å². The fourth-order valence-corrected chi connectivity index (χ4v) is 6.33. The molecular weight excluding hydrogens is 1350 g/mol. The number of esters is 1. The first kappa shape index (κ1) is 87.2. The largest absolute Gasteiger partial charge is 0.461 e. The number of aliphatic hydroxyl groups excluding tert-OH is 2. The number of carbonyl (C=O) groups is 4. The first-order valence-corrected chi connectivity index (χ1v) is 28.8. The summed E-state index contributed by atoms with van der Waals surface area (Å²) in [6.45, 7) is 19.8.